The number of nitriles is 1. The van der Waals surface area contributed by atoms with Crippen LogP contribution in [-0.4, -0.2) is 19.1 Å². The molecule has 0 unspecified atom stereocenters. The van der Waals surface area contributed by atoms with Gasteiger partial charge in [0.15, 0.2) is 6.61 Å². The van der Waals surface area contributed by atoms with Crippen LogP contribution in [0.25, 0.3) is 0 Å². The highest BCUT2D eigenvalue weighted by molar-refractivity contribution is 5.77. The van der Waals surface area contributed by atoms with Crippen LogP contribution in [-0.2, 0) is 4.79 Å². The third kappa shape index (κ3) is 4.94. The smallest absolute Gasteiger partial charge is 0.257 e. The summed E-state index contributed by atoms with van der Waals surface area (Å²) in [5.41, 5.74) is 6.36. The van der Waals surface area contributed by atoms with Gasteiger partial charge in [0.05, 0.1) is 12.5 Å². The third-order valence-corrected chi connectivity index (χ3v) is 2.38. The zero-order chi connectivity index (χ0) is 14.3. The fourth-order valence-corrected chi connectivity index (χ4v) is 1.46. The van der Waals surface area contributed by atoms with Crippen molar-refractivity contribution in [2.45, 2.75) is 19.4 Å². The van der Waals surface area contributed by atoms with Gasteiger partial charge < -0.3 is 15.8 Å². The molecule has 5 nitrogen and oxygen atoms in total. The molecule has 1 aromatic carbocycles. The number of nitrogens with zero attached hydrogens (tertiary/aromatic N) is 1. The molecule has 0 aliphatic carbocycles. The average molecular weight is 265 g/mol. The van der Waals surface area contributed by atoms with Gasteiger partial charge >= 0.3 is 0 Å². The minimum atomic E-state index is -0.454. The lowest BCUT2D eigenvalue weighted by Crippen LogP contribution is -2.29. The van der Waals surface area contributed by atoms with Crippen LogP contribution in [0.2, 0.25) is 0 Å². The number of hydrogen-bond donors (Lipinski definition) is 2. The highest BCUT2D eigenvalue weighted by atomic mass is 19.1. The van der Waals surface area contributed by atoms with Gasteiger partial charge in [-0.05, 0) is 13.0 Å². The van der Waals surface area contributed by atoms with Gasteiger partial charge in [0.1, 0.15) is 11.6 Å². The van der Waals surface area contributed by atoms with Crippen LogP contribution < -0.4 is 15.8 Å². The van der Waals surface area contributed by atoms with Crippen LogP contribution in [0.15, 0.2) is 18.2 Å². The van der Waals surface area contributed by atoms with Crippen LogP contribution in [0.5, 0.6) is 5.75 Å². The maximum atomic E-state index is 13.1. The Morgan fingerprint density at radius 2 is 2.37 bits per heavy atom. The van der Waals surface area contributed by atoms with E-state index in [2.05, 4.69) is 5.32 Å². The number of ether oxygens (including phenoxy) is 1. The molecule has 0 bridgehead atoms. The van der Waals surface area contributed by atoms with E-state index < -0.39 is 5.82 Å². The largest absolute Gasteiger partial charge is 0.483 e. The molecule has 0 fully saturated rings. The molecule has 3 N–H and O–H groups in total. The van der Waals surface area contributed by atoms with E-state index in [0.29, 0.717) is 5.56 Å². The number of benzene rings is 1. The van der Waals surface area contributed by atoms with Gasteiger partial charge in [-0.15, -0.1) is 0 Å². The molecule has 1 aromatic rings. The van der Waals surface area contributed by atoms with Crippen molar-refractivity contribution >= 4 is 5.91 Å². The highest BCUT2D eigenvalue weighted by Gasteiger charge is 2.11. The quantitative estimate of drug-likeness (QED) is 0.758. The van der Waals surface area contributed by atoms with E-state index in [9.17, 15) is 9.18 Å². The molecule has 1 amide bonds. The first-order chi connectivity index (χ1) is 9.04. The summed E-state index contributed by atoms with van der Waals surface area (Å²) < 4.78 is 18.4. The number of carbonyl (C=O) groups excluding carboxylic acids is 1. The number of carbonyl (C=O) groups is 1. The van der Waals surface area contributed by atoms with Crippen LogP contribution >= 0.6 is 0 Å². The summed E-state index contributed by atoms with van der Waals surface area (Å²) >= 11 is 0. The van der Waals surface area contributed by atoms with Crippen molar-refractivity contribution in [1.82, 2.24) is 5.32 Å². The molecule has 0 aliphatic heterocycles. The molecule has 0 spiro atoms. The second-order valence-corrected chi connectivity index (χ2v) is 4.02. The SMILES string of the molecule is C[C@@H](N)c1ccc(F)cc1OCC(=O)NCCC#N. The molecular weight excluding hydrogens is 249 g/mol. The van der Waals surface area contributed by atoms with Crippen molar-refractivity contribution in [3.63, 3.8) is 0 Å². The molecule has 0 aromatic heterocycles. The first-order valence-electron chi connectivity index (χ1n) is 5.86. The molecule has 1 rings (SSSR count). The van der Waals surface area contributed by atoms with Crippen molar-refractivity contribution in [1.29, 1.82) is 5.26 Å². The number of hydrogen-bond acceptors (Lipinski definition) is 4. The van der Waals surface area contributed by atoms with E-state index in [1.807, 2.05) is 6.07 Å². The van der Waals surface area contributed by atoms with Crippen molar-refractivity contribution < 1.29 is 13.9 Å². The zero-order valence-electron chi connectivity index (χ0n) is 10.6. The number of amides is 1. The second kappa shape index (κ2) is 7.34. The maximum Gasteiger partial charge on any atom is 0.257 e. The van der Waals surface area contributed by atoms with E-state index in [-0.39, 0.29) is 37.3 Å². The van der Waals surface area contributed by atoms with Gasteiger partial charge in [0.25, 0.3) is 5.91 Å². The number of halogens is 1. The standard InChI is InChI=1S/C13H16FN3O2/c1-9(16)11-4-3-10(14)7-12(11)19-8-13(18)17-6-2-5-15/h3-4,7,9H,2,6,8,16H2,1H3,(H,17,18)/t9-/m1/s1. The van der Waals surface area contributed by atoms with E-state index in [1.165, 1.54) is 18.2 Å². The van der Waals surface area contributed by atoms with Crippen LogP contribution in [0.4, 0.5) is 4.39 Å². The van der Waals surface area contributed by atoms with Gasteiger partial charge in [-0.3, -0.25) is 4.79 Å². The van der Waals surface area contributed by atoms with E-state index in [1.54, 1.807) is 6.92 Å². The summed E-state index contributed by atoms with van der Waals surface area (Å²) in [6.45, 7) is 1.77. The molecule has 0 radical (unpaired) electrons. The van der Waals surface area contributed by atoms with Crippen LogP contribution in [0, 0.1) is 17.1 Å². The molecule has 0 aliphatic rings. The molecule has 19 heavy (non-hydrogen) atoms. The molecule has 102 valence electrons. The molecule has 6 heteroatoms. The van der Waals surface area contributed by atoms with Crippen molar-refractivity contribution in [3.05, 3.63) is 29.6 Å². The lowest BCUT2D eigenvalue weighted by atomic mass is 10.1. The van der Waals surface area contributed by atoms with E-state index >= 15 is 0 Å². The molecule has 1 atom stereocenters. The minimum Gasteiger partial charge on any atom is -0.483 e. The van der Waals surface area contributed by atoms with Gasteiger partial charge in [0, 0.05) is 24.2 Å². The van der Waals surface area contributed by atoms with Crippen molar-refractivity contribution in [2.24, 2.45) is 5.73 Å². The molecule has 0 saturated carbocycles. The van der Waals surface area contributed by atoms with Gasteiger partial charge in [-0.25, -0.2) is 4.39 Å². The van der Waals surface area contributed by atoms with Crippen molar-refractivity contribution in [3.8, 4) is 11.8 Å². The fraction of sp³-hybridized carbons (Fsp3) is 0.385. The summed E-state index contributed by atoms with van der Waals surface area (Å²) in [7, 11) is 0. The maximum absolute atomic E-state index is 13.1. The van der Waals surface area contributed by atoms with Crippen molar-refractivity contribution in [2.75, 3.05) is 13.2 Å². The first kappa shape index (κ1) is 14.9. The number of nitrogens with one attached hydrogen (secondary N) is 1. The summed E-state index contributed by atoms with van der Waals surface area (Å²) in [5, 5.41) is 10.8. The summed E-state index contributed by atoms with van der Waals surface area (Å²) in [6.07, 6.45) is 0.233. The van der Waals surface area contributed by atoms with Crippen LogP contribution in [0.3, 0.4) is 0 Å². The second-order valence-electron chi connectivity index (χ2n) is 4.02. The molecule has 0 saturated heterocycles. The predicted molar refractivity (Wildman–Crippen MR) is 67.7 cm³/mol. The fourth-order valence-electron chi connectivity index (χ4n) is 1.46. The lowest BCUT2D eigenvalue weighted by molar-refractivity contribution is -0.123. The van der Waals surface area contributed by atoms with Gasteiger partial charge in [-0.1, -0.05) is 6.07 Å². The highest BCUT2D eigenvalue weighted by Crippen LogP contribution is 2.24. The van der Waals surface area contributed by atoms with E-state index in [0.717, 1.165) is 0 Å². The Hall–Kier alpha value is -2.13. The van der Waals surface area contributed by atoms with Gasteiger partial charge in [-0.2, -0.15) is 5.26 Å². The first-order valence-corrected chi connectivity index (χ1v) is 5.86. The minimum absolute atomic E-state index is 0.233. The summed E-state index contributed by atoms with van der Waals surface area (Å²) in [6, 6.07) is 5.60. The summed E-state index contributed by atoms with van der Waals surface area (Å²) in [5.74, 6) is -0.565. The molecule has 0 heterocycles. The Balaban J connectivity index is 2.59. The van der Waals surface area contributed by atoms with E-state index in [4.69, 9.17) is 15.7 Å². The lowest BCUT2D eigenvalue weighted by Gasteiger charge is -2.13. The Morgan fingerprint density at radius 1 is 1.63 bits per heavy atom. The normalized spacial score (nSPS) is 11.5. The number of rotatable bonds is 6. The zero-order valence-corrected chi connectivity index (χ0v) is 10.6. The Kier molecular flexibility index (Phi) is 5.76. The third-order valence-electron chi connectivity index (χ3n) is 2.38. The Bertz CT molecular complexity index is 483. The predicted octanol–water partition coefficient (Wildman–Crippen LogP) is 1.25. The molecular formula is C13H16FN3O2. The topological polar surface area (TPSA) is 88.1 Å². The monoisotopic (exact) mass is 265 g/mol. The Morgan fingerprint density at radius 3 is 3.00 bits per heavy atom. The summed E-state index contributed by atoms with van der Waals surface area (Å²) in [4.78, 5) is 11.4. The van der Waals surface area contributed by atoms with Crippen LogP contribution in [0.1, 0.15) is 24.9 Å². The van der Waals surface area contributed by atoms with Gasteiger partial charge in [0.2, 0.25) is 0 Å². The average Bonchev–Trinajstić information content (AvgIpc) is 2.36. The number of nitrogens with two attached hydrogens (primary N) is 1. The Labute approximate surface area is 111 Å².